The second-order valence-electron chi connectivity index (χ2n) is 7.37. The van der Waals surface area contributed by atoms with Gasteiger partial charge in [0.25, 0.3) is 10.0 Å². The van der Waals surface area contributed by atoms with Crippen LogP contribution in [0, 0.1) is 13.8 Å². The van der Waals surface area contributed by atoms with Gasteiger partial charge in [-0.3, -0.25) is 9.10 Å². The number of hydrogen-bond acceptors (Lipinski definition) is 5. The highest BCUT2D eigenvalue weighted by atomic mass is 35.5. The average molecular weight is 489 g/mol. The highest BCUT2D eigenvalue weighted by molar-refractivity contribution is 7.92. The van der Waals surface area contributed by atoms with Crippen molar-refractivity contribution in [3.05, 3.63) is 76.8 Å². The molecular formula is C24H25ClN2O5S. The molecule has 0 aromatic heterocycles. The summed E-state index contributed by atoms with van der Waals surface area (Å²) in [7, 11) is -1.23. The third-order valence-electron chi connectivity index (χ3n) is 5.03. The first-order valence-electron chi connectivity index (χ1n) is 10.0. The number of carbonyl (C=O) groups is 1. The van der Waals surface area contributed by atoms with Crippen molar-refractivity contribution < 1.29 is 22.7 Å². The molecule has 0 unspecified atom stereocenters. The van der Waals surface area contributed by atoms with Gasteiger partial charge in [0.15, 0.2) is 11.5 Å². The van der Waals surface area contributed by atoms with Crippen molar-refractivity contribution >= 4 is 38.9 Å². The van der Waals surface area contributed by atoms with Gasteiger partial charge in [0.2, 0.25) is 5.91 Å². The Balaban J connectivity index is 2.00. The number of halogens is 1. The van der Waals surface area contributed by atoms with Crippen LogP contribution in [0.15, 0.2) is 65.6 Å². The van der Waals surface area contributed by atoms with Crippen molar-refractivity contribution in [2.75, 3.05) is 30.4 Å². The number of amides is 1. The van der Waals surface area contributed by atoms with Gasteiger partial charge in [-0.1, -0.05) is 35.4 Å². The molecule has 0 fully saturated rings. The van der Waals surface area contributed by atoms with Crippen molar-refractivity contribution in [3.63, 3.8) is 0 Å². The maximum absolute atomic E-state index is 13.6. The lowest BCUT2D eigenvalue weighted by Gasteiger charge is -2.25. The number of aryl methyl sites for hydroxylation is 2. The quantitative estimate of drug-likeness (QED) is 0.492. The van der Waals surface area contributed by atoms with E-state index in [0.29, 0.717) is 22.1 Å². The lowest BCUT2D eigenvalue weighted by atomic mass is 10.2. The Labute approximate surface area is 198 Å². The van der Waals surface area contributed by atoms with Crippen LogP contribution >= 0.6 is 11.6 Å². The highest BCUT2D eigenvalue weighted by Gasteiger charge is 2.28. The Bertz CT molecular complexity index is 1260. The molecule has 0 aliphatic carbocycles. The van der Waals surface area contributed by atoms with Crippen LogP contribution in [0.2, 0.25) is 5.02 Å². The van der Waals surface area contributed by atoms with Gasteiger partial charge in [-0.25, -0.2) is 8.42 Å². The van der Waals surface area contributed by atoms with E-state index in [1.807, 2.05) is 13.8 Å². The van der Waals surface area contributed by atoms with Gasteiger partial charge in [0, 0.05) is 16.8 Å². The van der Waals surface area contributed by atoms with Crippen LogP contribution in [0.1, 0.15) is 11.1 Å². The average Bonchev–Trinajstić information content (AvgIpc) is 2.80. The van der Waals surface area contributed by atoms with Crippen molar-refractivity contribution in [1.82, 2.24) is 0 Å². The number of hydrogen-bond donors (Lipinski definition) is 1. The Morgan fingerprint density at radius 2 is 1.61 bits per heavy atom. The van der Waals surface area contributed by atoms with Gasteiger partial charge in [-0.05, 0) is 55.8 Å². The van der Waals surface area contributed by atoms with E-state index >= 15 is 0 Å². The normalized spacial score (nSPS) is 11.1. The van der Waals surface area contributed by atoms with Gasteiger partial charge in [0.05, 0.1) is 24.8 Å². The molecule has 0 bridgehead atoms. The van der Waals surface area contributed by atoms with Crippen molar-refractivity contribution in [2.45, 2.75) is 18.7 Å². The van der Waals surface area contributed by atoms with Gasteiger partial charge in [-0.15, -0.1) is 0 Å². The maximum Gasteiger partial charge on any atom is 0.264 e. The summed E-state index contributed by atoms with van der Waals surface area (Å²) in [6.45, 7) is 3.28. The monoisotopic (exact) mass is 488 g/mol. The third kappa shape index (κ3) is 5.58. The molecule has 0 spiro atoms. The maximum atomic E-state index is 13.6. The standard InChI is InChI=1S/C24H25ClN2O5S/c1-16-5-9-19(10-6-16)27(15-24(28)26-21-13-18(25)8-7-17(21)2)33(29,30)20-11-12-22(31-3)23(14-20)32-4/h5-14H,15H2,1-4H3,(H,26,28). The fraction of sp³-hybridized carbons (Fsp3) is 0.208. The highest BCUT2D eigenvalue weighted by Crippen LogP contribution is 2.32. The van der Waals surface area contributed by atoms with Gasteiger partial charge >= 0.3 is 0 Å². The lowest BCUT2D eigenvalue weighted by molar-refractivity contribution is -0.114. The summed E-state index contributed by atoms with van der Waals surface area (Å²) in [5.41, 5.74) is 2.63. The fourth-order valence-electron chi connectivity index (χ4n) is 3.18. The van der Waals surface area contributed by atoms with Crippen LogP contribution in [-0.4, -0.2) is 35.1 Å². The van der Waals surface area contributed by atoms with E-state index in [0.717, 1.165) is 15.4 Å². The van der Waals surface area contributed by atoms with E-state index in [1.165, 1.54) is 32.4 Å². The molecule has 0 radical (unpaired) electrons. The predicted octanol–water partition coefficient (Wildman–Crippen LogP) is 4.81. The zero-order valence-electron chi connectivity index (χ0n) is 18.8. The Morgan fingerprint density at radius 3 is 2.24 bits per heavy atom. The first-order chi connectivity index (χ1) is 15.6. The topological polar surface area (TPSA) is 84.9 Å². The molecule has 9 heteroatoms. The third-order valence-corrected chi connectivity index (χ3v) is 7.03. The molecule has 3 aromatic rings. The molecule has 1 N–H and O–H groups in total. The van der Waals surface area contributed by atoms with Crippen molar-refractivity contribution in [3.8, 4) is 11.5 Å². The van der Waals surface area contributed by atoms with E-state index in [1.54, 1.807) is 42.5 Å². The number of sulfonamides is 1. The molecule has 0 saturated heterocycles. The number of ether oxygens (including phenoxy) is 2. The zero-order chi connectivity index (χ0) is 24.2. The predicted molar refractivity (Wildman–Crippen MR) is 130 cm³/mol. The first kappa shape index (κ1) is 24.4. The molecule has 174 valence electrons. The lowest BCUT2D eigenvalue weighted by Crippen LogP contribution is -2.38. The number of methoxy groups -OCH3 is 2. The molecule has 0 aliphatic rings. The molecule has 0 heterocycles. The van der Waals surface area contributed by atoms with E-state index < -0.39 is 22.5 Å². The van der Waals surface area contributed by atoms with Crippen molar-refractivity contribution in [1.29, 1.82) is 0 Å². The minimum Gasteiger partial charge on any atom is -0.493 e. The summed E-state index contributed by atoms with van der Waals surface area (Å²) in [5, 5.41) is 3.22. The van der Waals surface area contributed by atoms with Gasteiger partial charge in [0.1, 0.15) is 6.54 Å². The molecule has 0 aliphatic heterocycles. The van der Waals surface area contributed by atoms with Gasteiger partial charge < -0.3 is 14.8 Å². The molecule has 1 amide bonds. The second kappa shape index (κ2) is 10.1. The van der Waals surface area contributed by atoms with Crippen molar-refractivity contribution in [2.24, 2.45) is 0 Å². The Morgan fingerprint density at radius 1 is 0.939 bits per heavy atom. The summed E-state index contributed by atoms with van der Waals surface area (Å²) in [6, 6.07) is 16.3. The number of nitrogens with zero attached hydrogens (tertiary/aromatic N) is 1. The smallest absolute Gasteiger partial charge is 0.264 e. The van der Waals surface area contributed by atoms with Crippen LogP contribution < -0.4 is 19.1 Å². The van der Waals surface area contributed by atoms with E-state index in [2.05, 4.69) is 5.32 Å². The summed E-state index contributed by atoms with van der Waals surface area (Å²) in [5.74, 6) is 0.152. The SMILES string of the molecule is COc1ccc(S(=O)(=O)N(CC(=O)Nc2cc(Cl)ccc2C)c2ccc(C)cc2)cc1OC. The molecule has 3 rings (SSSR count). The molecule has 0 atom stereocenters. The fourth-order valence-corrected chi connectivity index (χ4v) is 4.79. The van der Waals surface area contributed by atoms with Gasteiger partial charge in [-0.2, -0.15) is 0 Å². The number of anilines is 2. The number of benzene rings is 3. The minimum atomic E-state index is -4.12. The summed E-state index contributed by atoms with van der Waals surface area (Å²) in [4.78, 5) is 12.9. The van der Waals surface area contributed by atoms with E-state index in [9.17, 15) is 13.2 Å². The Hall–Kier alpha value is -3.23. The van der Waals surface area contributed by atoms with E-state index in [4.69, 9.17) is 21.1 Å². The molecule has 3 aromatic carbocycles. The summed E-state index contributed by atoms with van der Waals surface area (Å²) in [6.07, 6.45) is 0. The molecule has 33 heavy (non-hydrogen) atoms. The van der Waals surface area contributed by atoms with Crippen LogP contribution in [0.25, 0.3) is 0 Å². The second-order valence-corrected chi connectivity index (χ2v) is 9.67. The first-order valence-corrected chi connectivity index (χ1v) is 11.8. The van der Waals surface area contributed by atoms with E-state index in [-0.39, 0.29) is 10.6 Å². The largest absolute Gasteiger partial charge is 0.493 e. The zero-order valence-corrected chi connectivity index (χ0v) is 20.3. The number of rotatable bonds is 8. The minimum absolute atomic E-state index is 0.0348. The molecule has 7 nitrogen and oxygen atoms in total. The molecular weight excluding hydrogens is 464 g/mol. The number of nitrogens with one attached hydrogen (secondary N) is 1. The summed E-state index contributed by atoms with van der Waals surface area (Å²) < 4.78 is 38.8. The Kier molecular flexibility index (Phi) is 7.50. The van der Waals surface area contributed by atoms with Crippen LogP contribution in [0.5, 0.6) is 11.5 Å². The van der Waals surface area contributed by atoms with Crippen LogP contribution in [0.3, 0.4) is 0 Å². The van der Waals surface area contributed by atoms with Crippen LogP contribution in [0.4, 0.5) is 11.4 Å². The number of carbonyl (C=O) groups excluding carboxylic acids is 1. The molecule has 0 saturated carbocycles. The van der Waals surface area contributed by atoms with Crippen LogP contribution in [-0.2, 0) is 14.8 Å². The summed E-state index contributed by atoms with van der Waals surface area (Å²) >= 11 is 6.04.